The van der Waals surface area contributed by atoms with Crippen LogP contribution in [0, 0.1) is 0 Å². The first-order valence-electron chi connectivity index (χ1n) is 5.42. The maximum absolute atomic E-state index is 11.9. The number of hydrogen-bond donors (Lipinski definition) is 1. The van der Waals surface area contributed by atoms with Crippen LogP contribution in [0.1, 0.15) is 5.56 Å². The van der Waals surface area contributed by atoms with E-state index in [-0.39, 0.29) is 11.6 Å². The van der Waals surface area contributed by atoms with Crippen molar-refractivity contribution in [1.82, 2.24) is 15.0 Å². The second kappa shape index (κ2) is 6.07. The normalized spacial score (nSPS) is 11.2. The minimum Gasteiger partial charge on any atom is -0.266 e. The summed E-state index contributed by atoms with van der Waals surface area (Å²) in [5.41, 5.74) is 0.919. The average molecular weight is 343 g/mol. The highest BCUT2D eigenvalue weighted by Gasteiger charge is 2.11. The van der Waals surface area contributed by atoms with Gasteiger partial charge in [-0.25, -0.2) is 18.4 Å². The van der Waals surface area contributed by atoms with Crippen molar-refractivity contribution < 1.29 is 8.42 Å². The van der Waals surface area contributed by atoms with Crippen LogP contribution < -0.4 is 4.72 Å². The van der Waals surface area contributed by atoms with Crippen molar-refractivity contribution in [3.8, 4) is 0 Å². The van der Waals surface area contributed by atoms with Gasteiger partial charge in [0.15, 0.2) is 5.82 Å². The molecular formula is C11H11BrN4O2S. The molecule has 2 aromatic rings. The van der Waals surface area contributed by atoms with Gasteiger partial charge in [-0.05, 0) is 40.0 Å². The van der Waals surface area contributed by atoms with Gasteiger partial charge in [-0.1, -0.05) is 0 Å². The minimum atomic E-state index is -3.43. The second-order valence-electron chi connectivity index (χ2n) is 3.75. The molecule has 0 amide bonds. The molecule has 0 spiro atoms. The first kappa shape index (κ1) is 13.9. The van der Waals surface area contributed by atoms with Gasteiger partial charge in [0.25, 0.3) is 0 Å². The molecule has 100 valence electrons. The van der Waals surface area contributed by atoms with Gasteiger partial charge >= 0.3 is 0 Å². The van der Waals surface area contributed by atoms with E-state index in [4.69, 9.17) is 0 Å². The Kier molecular flexibility index (Phi) is 4.43. The van der Waals surface area contributed by atoms with Crippen LogP contribution in [-0.4, -0.2) is 29.1 Å². The monoisotopic (exact) mass is 342 g/mol. The molecule has 0 aromatic carbocycles. The lowest BCUT2D eigenvalue weighted by atomic mass is 10.2. The van der Waals surface area contributed by atoms with Gasteiger partial charge in [0.05, 0.1) is 18.1 Å². The SMILES string of the molecule is O=S(=O)(CCc1ccncc1)Nc1cnc(Br)cn1. The maximum atomic E-state index is 11.9. The fourth-order valence-electron chi connectivity index (χ4n) is 1.38. The van der Waals surface area contributed by atoms with E-state index in [0.717, 1.165) is 5.56 Å². The van der Waals surface area contributed by atoms with Crippen molar-refractivity contribution in [3.05, 3.63) is 47.1 Å². The summed E-state index contributed by atoms with van der Waals surface area (Å²) in [6, 6.07) is 3.57. The van der Waals surface area contributed by atoms with Crippen molar-refractivity contribution in [3.63, 3.8) is 0 Å². The zero-order valence-electron chi connectivity index (χ0n) is 9.82. The first-order valence-corrected chi connectivity index (χ1v) is 7.87. The van der Waals surface area contributed by atoms with Crippen LogP contribution in [0.4, 0.5) is 5.82 Å². The van der Waals surface area contributed by atoms with Crippen LogP contribution in [0.5, 0.6) is 0 Å². The Bertz CT molecular complexity index is 632. The highest BCUT2D eigenvalue weighted by Crippen LogP contribution is 2.09. The third-order valence-electron chi connectivity index (χ3n) is 2.29. The molecule has 0 atom stereocenters. The summed E-state index contributed by atoms with van der Waals surface area (Å²) in [4.78, 5) is 11.7. The number of pyridine rings is 1. The van der Waals surface area contributed by atoms with Crippen molar-refractivity contribution in [2.24, 2.45) is 0 Å². The molecule has 0 aliphatic rings. The molecule has 2 aromatic heterocycles. The van der Waals surface area contributed by atoms with Crippen molar-refractivity contribution in [1.29, 1.82) is 0 Å². The Morgan fingerprint density at radius 2 is 1.89 bits per heavy atom. The number of hydrogen-bond acceptors (Lipinski definition) is 5. The fraction of sp³-hybridized carbons (Fsp3) is 0.182. The van der Waals surface area contributed by atoms with Crippen LogP contribution in [0.3, 0.4) is 0 Å². The molecular weight excluding hydrogens is 332 g/mol. The standard InChI is InChI=1S/C11H11BrN4O2S/c12-10-7-15-11(8-14-10)16-19(17,18)6-3-9-1-4-13-5-2-9/h1-2,4-5,7-8H,3,6H2,(H,15,16). The lowest BCUT2D eigenvalue weighted by molar-refractivity contribution is 0.600. The highest BCUT2D eigenvalue weighted by atomic mass is 79.9. The molecule has 0 saturated carbocycles. The number of nitrogens with zero attached hydrogens (tertiary/aromatic N) is 3. The van der Waals surface area contributed by atoms with E-state index >= 15 is 0 Å². The molecule has 1 N–H and O–H groups in total. The number of aryl methyl sites for hydroxylation is 1. The first-order chi connectivity index (χ1) is 9.05. The third kappa shape index (κ3) is 4.56. The van der Waals surface area contributed by atoms with Gasteiger partial charge in [-0.3, -0.25) is 9.71 Å². The van der Waals surface area contributed by atoms with Gasteiger partial charge in [-0.2, -0.15) is 0 Å². The van der Waals surface area contributed by atoms with Gasteiger partial charge < -0.3 is 0 Å². The zero-order valence-corrected chi connectivity index (χ0v) is 12.2. The molecule has 8 heteroatoms. The number of nitrogens with one attached hydrogen (secondary N) is 1. The molecule has 2 heterocycles. The lowest BCUT2D eigenvalue weighted by Gasteiger charge is -2.06. The largest absolute Gasteiger partial charge is 0.266 e. The van der Waals surface area contributed by atoms with E-state index in [1.807, 2.05) is 0 Å². The lowest BCUT2D eigenvalue weighted by Crippen LogP contribution is -2.19. The summed E-state index contributed by atoms with van der Waals surface area (Å²) in [6.07, 6.45) is 6.47. The Morgan fingerprint density at radius 3 is 2.53 bits per heavy atom. The Balaban J connectivity index is 1.97. The number of halogens is 1. The topological polar surface area (TPSA) is 84.8 Å². The van der Waals surface area contributed by atoms with Gasteiger partial charge in [-0.15, -0.1) is 0 Å². The van der Waals surface area contributed by atoms with E-state index in [1.165, 1.54) is 12.4 Å². The quantitative estimate of drug-likeness (QED) is 0.892. The summed E-state index contributed by atoms with van der Waals surface area (Å²) in [7, 11) is -3.43. The molecule has 0 aliphatic carbocycles. The number of rotatable bonds is 5. The smallest absolute Gasteiger partial charge is 0.234 e. The van der Waals surface area contributed by atoms with E-state index in [2.05, 4.69) is 35.6 Å². The van der Waals surface area contributed by atoms with Crippen molar-refractivity contribution in [2.45, 2.75) is 6.42 Å². The average Bonchev–Trinajstić information content (AvgIpc) is 2.40. The molecule has 0 bridgehead atoms. The fourth-order valence-corrected chi connectivity index (χ4v) is 2.61. The number of sulfonamides is 1. The molecule has 0 saturated heterocycles. The second-order valence-corrected chi connectivity index (χ2v) is 6.41. The molecule has 19 heavy (non-hydrogen) atoms. The Hall–Kier alpha value is -1.54. The summed E-state index contributed by atoms with van der Waals surface area (Å²) in [5, 5.41) is 0. The number of anilines is 1. The minimum absolute atomic E-state index is 0.0191. The molecule has 0 fully saturated rings. The summed E-state index contributed by atoms with van der Waals surface area (Å²) >= 11 is 3.13. The van der Waals surface area contributed by atoms with Crippen molar-refractivity contribution in [2.75, 3.05) is 10.5 Å². The van der Waals surface area contributed by atoms with Gasteiger partial charge in [0.2, 0.25) is 10.0 Å². The predicted molar refractivity (Wildman–Crippen MR) is 75.1 cm³/mol. The van der Waals surface area contributed by atoms with E-state index in [9.17, 15) is 8.42 Å². The van der Waals surface area contributed by atoms with Crippen LogP contribution in [-0.2, 0) is 16.4 Å². The summed E-state index contributed by atoms with van der Waals surface area (Å²) in [6.45, 7) is 0. The molecule has 0 aliphatic heterocycles. The Morgan fingerprint density at radius 1 is 1.16 bits per heavy atom. The van der Waals surface area contributed by atoms with E-state index in [1.54, 1.807) is 24.5 Å². The summed E-state index contributed by atoms with van der Waals surface area (Å²) < 4.78 is 26.6. The predicted octanol–water partition coefficient (Wildman–Crippen LogP) is 1.62. The highest BCUT2D eigenvalue weighted by molar-refractivity contribution is 9.10. The number of aromatic nitrogens is 3. The van der Waals surface area contributed by atoms with Crippen LogP contribution in [0.15, 0.2) is 41.5 Å². The molecule has 6 nitrogen and oxygen atoms in total. The van der Waals surface area contributed by atoms with Crippen molar-refractivity contribution >= 4 is 31.8 Å². The van der Waals surface area contributed by atoms with Crippen LogP contribution in [0.2, 0.25) is 0 Å². The Labute approximate surface area is 119 Å². The van der Waals surface area contributed by atoms with Gasteiger partial charge in [0.1, 0.15) is 4.60 Å². The summed E-state index contributed by atoms with van der Waals surface area (Å²) in [5.74, 6) is 0.187. The molecule has 0 unspecified atom stereocenters. The molecule has 0 radical (unpaired) electrons. The van der Waals surface area contributed by atoms with Crippen LogP contribution >= 0.6 is 15.9 Å². The van der Waals surface area contributed by atoms with E-state index in [0.29, 0.717) is 11.0 Å². The molecule has 2 rings (SSSR count). The van der Waals surface area contributed by atoms with Crippen LogP contribution in [0.25, 0.3) is 0 Å². The van der Waals surface area contributed by atoms with Gasteiger partial charge in [0, 0.05) is 12.4 Å². The third-order valence-corrected chi connectivity index (χ3v) is 3.96. The zero-order chi connectivity index (χ0) is 13.7. The van der Waals surface area contributed by atoms with E-state index < -0.39 is 10.0 Å². The maximum Gasteiger partial charge on any atom is 0.234 e.